The zero-order valence-electron chi connectivity index (χ0n) is 21.9. The minimum atomic E-state index is -0.806. The van der Waals surface area contributed by atoms with Crippen LogP contribution in [0.5, 0.6) is 11.5 Å². The first kappa shape index (κ1) is 28.4. The molecule has 0 unspecified atom stereocenters. The van der Waals surface area contributed by atoms with Crippen molar-refractivity contribution < 1.29 is 28.6 Å². The largest absolute Gasteiger partial charge is 0.493 e. The predicted octanol–water partition coefficient (Wildman–Crippen LogP) is 3.45. The number of benzene rings is 3. The van der Waals surface area contributed by atoms with Gasteiger partial charge in [0.25, 0.3) is 11.6 Å². The van der Waals surface area contributed by atoms with Crippen LogP contribution in [0.25, 0.3) is 17.1 Å². The zero-order chi connectivity index (χ0) is 30.5. The predicted molar refractivity (Wildman–Crippen MR) is 150 cm³/mol. The Morgan fingerprint density at radius 1 is 1.12 bits per heavy atom. The van der Waals surface area contributed by atoms with Gasteiger partial charge in [-0.25, -0.2) is 14.8 Å². The van der Waals surface area contributed by atoms with Gasteiger partial charge in [-0.1, -0.05) is 28.9 Å². The van der Waals surface area contributed by atoms with Crippen LogP contribution in [0.15, 0.2) is 76.5 Å². The molecule has 1 amide bonds. The molecule has 2 aromatic heterocycles. The van der Waals surface area contributed by atoms with Crippen molar-refractivity contribution in [1.29, 1.82) is 0 Å². The Labute approximate surface area is 245 Å². The van der Waals surface area contributed by atoms with Crippen molar-refractivity contribution in [3.63, 3.8) is 0 Å². The molecule has 0 aliphatic rings. The lowest BCUT2D eigenvalue weighted by Crippen LogP contribution is -2.19. The molecule has 216 valence electrons. The first-order valence-corrected chi connectivity index (χ1v) is 12.4. The van der Waals surface area contributed by atoms with Crippen molar-refractivity contribution in [3.05, 3.63) is 98.7 Å². The third-order valence-corrected chi connectivity index (χ3v) is 6.01. The number of nitro groups is 1. The average Bonchev–Trinajstić information content (AvgIpc) is 3.64. The van der Waals surface area contributed by atoms with E-state index in [0.29, 0.717) is 16.1 Å². The van der Waals surface area contributed by atoms with Gasteiger partial charge in [-0.15, -0.1) is 5.10 Å². The lowest BCUT2D eigenvalue weighted by Gasteiger charge is -2.10. The van der Waals surface area contributed by atoms with Crippen LogP contribution in [-0.2, 0) is 0 Å². The number of nitrogens with two attached hydrogens (primary N) is 1. The summed E-state index contributed by atoms with van der Waals surface area (Å²) in [5, 5.41) is 30.8. The van der Waals surface area contributed by atoms with Gasteiger partial charge in [0.1, 0.15) is 5.69 Å². The van der Waals surface area contributed by atoms with E-state index in [2.05, 4.69) is 35.8 Å². The molecule has 2 heterocycles. The van der Waals surface area contributed by atoms with E-state index in [0.717, 1.165) is 4.68 Å². The first-order valence-electron chi connectivity index (χ1n) is 12.0. The lowest BCUT2D eigenvalue weighted by atomic mass is 10.1. The van der Waals surface area contributed by atoms with Crippen molar-refractivity contribution in [3.8, 4) is 28.6 Å². The van der Waals surface area contributed by atoms with Gasteiger partial charge in [-0.2, -0.15) is 9.78 Å². The summed E-state index contributed by atoms with van der Waals surface area (Å²) in [5.41, 5.74) is 8.64. The molecule has 0 spiro atoms. The van der Waals surface area contributed by atoms with Crippen molar-refractivity contribution in [2.45, 2.75) is 0 Å². The van der Waals surface area contributed by atoms with E-state index in [1.807, 2.05) is 0 Å². The zero-order valence-corrected chi connectivity index (χ0v) is 22.6. The Morgan fingerprint density at radius 2 is 1.91 bits per heavy atom. The van der Waals surface area contributed by atoms with Gasteiger partial charge in [-0.05, 0) is 58.3 Å². The number of ether oxygens (including phenoxy) is 2. The van der Waals surface area contributed by atoms with Crippen LogP contribution in [0, 0.1) is 10.1 Å². The van der Waals surface area contributed by atoms with Crippen molar-refractivity contribution >= 4 is 41.2 Å². The van der Waals surface area contributed by atoms with Crippen LogP contribution in [-0.4, -0.2) is 55.4 Å². The number of aromatic nitrogens is 5. The highest BCUT2D eigenvalue weighted by molar-refractivity contribution is 6.30. The molecule has 17 heteroatoms. The van der Waals surface area contributed by atoms with Crippen LogP contribution in [0.3, 0.4) is 0 Å². The summed E-state index contributed by atoms with van der Waals surface area (Å²) >= 11 is 5.86. The van der Waals surface area contributed by atoms with Crippen LogP contribution < -0.4 is 20.6 Å². The van der Waals surface area contributed by atoms with E-state index in [1.165, 1.54) is 61.9 Å². The number of carbonyl (C=O) groups excluding carboxylic acids is 2. The summed E-state index contributed by atoms with van der Waals surface area (Å²) in [4.78, 5) is 36.4. The van der Waals surface area contributed by atoms with Gasteiger partial charge < -0.3 is 15.2 Å². The van der Waals surface area contributed by atoms with Gasteiger partial charge in [0.05, 0.1) is 23.8 Å². The quantitative estimate of drug-likeness (QED) is 0.0814. The standard InChI is InChI=1S/C26H18ClN9O7/c1-41-20-11-14(5-10-19(20)42-26(38)15-6-8-17(27)9-7-15)13-29-31-25(37)21-22(16-3-2-4-18(12-16)36(39)40)35(34-30-21)24-23(28)32-43-33-24/h2-13H,1H3,(H2,28,32)(H,31,37)/b29-13-. The summed E-state index contributed by atoms with van der Waals surface area (Å²) in [7, 11) is 1.40. The van der Waals surface area contributed by atoms with Gasteiger partial charge >= 0.3 is 5.97 Å². The van der Waals surface area contributed by atoms with E-state index >= 15 is 0 Å². The molecule has 16 nitrogen and oxygen atoms in total. The molecule has 5 aromatic rings. The Kier molecular flexibility index (Phi) is 8.02. The number of hydrogen-bond donors (Lipinski definition) is 2. The maximum atomic E-state index is 13.1. The molecule has 0 aliphatic carbocycles. The highest BCUT2D eigenvalue weighted by Crippen LogP contribution is 2.30. The molecule has 3 aromatic carbocycles. The first-order chi connectivity index (χ1) is 20.7. The monoisotopic (exact) mass is 603 g/mol. The molecular formula is C26H18ClN9O7. The highest BCUT2D eigenvalue weighted by Gasteiger charge is 2.26. The average molecular weight is 604 g/mol. The fourth-order valence-electron chi connectivity index (χ4n) is 3.76. The molecule has 0 fully saturated rings. The number of methoxy groups -OCH3 is 1. The number of esters is 1. The molecule has 43 heavy (non-hydrogen) atoms. The second-order valence-corrected chi connectivity index (χ2v) is 8.92. The van der Waals surface area contributed by atoms with E-state index in [1.54, 1.807) is 18.2 Å². The van der Waals surface area contributed by atoms with Crippen LogP contribution in [0.2, 0.25) is 5.02 Å². The normalized spacial score (nSPS) is 10.9. The summed E-state index contributed by atoms with van der Waals surface area (Å²) in [5.74, 6) is -1.27. The maximum absolute atomic E-state index is 13.1. The number of amides is 1. The number of halogens is 1. The lowest BCUT2D eigenvalue weighted by molar-refractivity contribution is -0.384. The number of hydrogen-bond acceptors (Lipinski definition) is 13. The number of nitro benzene ring substituents is 1. The van der Waals surface area contributed by atoms with Gasteiger partial charge in [-0.3, -0.25) is 14.9 Å². The number of nitrogens with one attached hydrogen (secondary N) is 1. The van der Waals surface area contributed by atoms with Crippen LogP contribution >= 0.6 is 11.6 Å². The van der Waals surface area contributed by atoms with Crippen LogP contribution in [0.1, 0.15) is 26.4 Å². The SMILES string of the molecule is COc1cc(/C=N\NC(=O)c2nnn(-c3nonc3N)c2-c2cccc([N+](=O)[O-])c2)ccc1OC(=O)c1ccc(Cl)cc1. The minimum Gasteiger partial charge on any atom is -0.493 e. The number of rotatable bonds is 9. The third kappa shape index (κ3) is 6.13. The molecule has 0 radical (unpaired) electrons. The molecule has 0 bridgehead atoms. The Hall–Kier alpha value is -6.16. The second kappa shape index (κ2) is 12.1. The van der Waals surface area contributed by atoms with E-state index < -0.39 is 16.8 Å². The Balaban J connectivity index is 1.37. The molecule has 3 N–H and O–H groups in total. The number of anilines is 1. The van der Waals surface area contributed by atoms with Crippen molar-refractivity contribution in [2.75, 3.05) is 12.8 Å². The molecule has 0 saturated heterocycles. The molecule has 0 atom stereocenters. The van der Waals surface area contributed by atoms with E-state index in [9.17, 15) is 19.7 Å². The number of non-ortho nitro benzene ring substituents is 1. The van der Waals surface area contributed by atoms with E-state index in [-0.39, 0.29) is 45.8 Å². The molecule has 0 saturated carbocycles. The summed E-state index contributed by atoms with van der Waals surface area (Å²) in [6.45, 7) is 0. The Morgan fingerprint density at radius 3 is 2.60 bits per heavy atom. The molecule has 5 rings (SSSR count). The summed E-state index contributed by atoms with van der Waals surface area (Å²) in [6, 6.07) is 16.3. The fraction of sp³-hybridized carbons (Fsp3) is 0.0385. The van der Waals surface area contributed by atoms with E-state index in [4.69, 9.17) is 26.8 Å². The third-order valence-electron chi connectivity index (χ3n) is 5.76. The second-order valence-electron chi connectivity index (χ2n) is 8.48. The smallest absolute Gasteiger partial charge is 0.343 e. The highest BCUT2D eigenvalue weighted by atomic mass is 35.5. The van der Waals surface area contributed by atoms with Gasteiger partial charge in [0.2, 0.25) is 11.6 Å². The molecule has 0 aliphatic heterocycles. The molecular weight excluding hydrogens is 586 g/mol. The maximum Gasteiger partial charge on any atom is 0.343 e. The van der Waals surface area contributed by atoms with Gasteiger partial charge in [0.15, 0.2) is 17.2 Å². The van der Waals surface area contributed by atoms with Gasteiger partial charge in [0, 0.05) is 22.7 Å². The van der Waals surface area contributed by atoms with Crippen molar-refractivity contribution in [2.24, 2.45) is 5.10 Å². The van der Waals surface area contributed by atoms with Crippen molar-refractivity contribution in [1.82, 2.24) is 30.7 Å². The minimum absolute atomic E-state index is 0.0207. The van der Waals surface area contributed by atoms with Crippen LogP contribution in [0.4, 0.5) is 11.5 Å². The number of nitrogen functional groups attached to an aromatic ring is 1. The topological polar surface area (TPSA) is 216 Å². The Bertz CT molecular complexity index is 1870. The number of nitrogens with zero attached hydrogens (tertiary/aromatic N) is 7. The summed E-state index contributed by atoms with van der Waals surface area (Å²) < 4.78 is 16.5. The number of hydrazone groups is 1. The number of carbonyl (C=O) groups is 2. The summed E-state index contributed by atoms with van der Waals surface area (Å²) in [6.07, 6.45) is 1.31. The fourth-order valence-corrected chi connectivity index (χ4v) is 3.88.